The van der Waals surface area contributed by atoms with E-state index in [2.05, 4.69) is 27.5 Å². The fourth-order valence-corrected chi connectivity index (χ4v) is 3.70. The Kier molecular flexibility index (Phi) is 5.13. The monoisotopic (exact) mass is 379 g/mol. The van der Waals surface area contributed by atoms with E-state index in [9.17, 15) is 4.79 Å². The number of hydrazone groups is 1. The molecule has 138 valence electrons. The molecule has 3 aromatic rings. The summed E-state index contributed by atoms with van der Waals surface area (Å²) in [7, 11) is 2.08. The molecular weight excluding hydrogens is 358 g/mol. The van der Waals surface area contributed by atoms with Gasteiger partial charge in [-0.15, -0.1) is 11.3 Å². The standard InChI is InChI=1S/C20H21N5OS/c1-24-8-10-25(11-9-24)20(26)17-13-19(22-18-7-3-2-6-16(17)18)23-21-14-15-5-4-12-27-15/h2-7,12-14H,8-11H2,1H3,(H,22,23)/b21-14+. The van der Waals surface area contributed by atoms with E-state index >= 15 is 0 Å². The van der Waals surface area contributed by atoms with Crippen LogP contribution in [0.2, 0.25) is 0 Å². The molecule has 7 heteroatoms. The van der Waals surface area contributed by atoms with Crippen molar-refractivity contribution in [2.45, 2.75) is 0 Å². The van der Waals surface area contributed by atoms with Crippen LogP contribution in [0.4, 0.5) is 5.82 Å². The van der Waals surface area contributed by atoms with Crippen LogP contribution in [0.25, 0.3) is 10.9 Å². The topological polar surface area (TPSA) is 60.8 Å². The fourth-order valence-electron chi connectivity index (χ4n) is 3.12. The second-order valence-corrected chi connectivity index (χ2v) is 7.53. The van der Waals surface area contributed by atoms with Crippen molar-refractivity contribution < 1.29 is 4.79 Å². The van der Waals surface area contributed by atoms with E-state index in [1.165, 1.54) is 0 Å². The van der Waals surface area contributed by atoms with Crippen LogP contribution in [-0.2, 0) is 0 Å². The summed E-state index contributed by atoms with van der Waals surface area (Å²) in [5.74, 6) is 0.617. The average Bonchev–Trinajstić information content (AvgIpc) is 3.21. The summed E-state index contributed by atoms with van der Waals surface area (Å²) in [5, 5.41) is 7.13. The Labute approximate surface area is 162 Å². The van der Waals surface area contributed by atoms with Gasteiger partial charge in [0.05, 0.1) is 17.3 Å². The van der Waals surface area contributed by atoms with Gasteiger partial charge in [0.25, 0.3) is 5.91 Å². The van der Waals surface area contributed by atoms with Gasteiger partial charge >= 0.3 is 0 Å². The highest BCUT2D eigenvalue weighted by Gasteiger charge is 2.22. The van der Waals surface area contributed by atoms with Gasteiger partial charge in [0.1, 0.15) is 5.82 Å². The number of para-hydroxylation sites is 1. The SMILES string of the molecule is CN1CCN(C(=O)c2cc(N/N=C/c3cccs3)nc3ccccc23)CC1. The van der Waals surface area contributed by atoms with E-state index < -0.39 is 0 Å². The lowest BCUT2D eigenvalue weighted by atomic mass is 10.1. The first-order valence-electron chi connectivity index (χ1n) is 8.91. The maximum atomic E-state index is 13.1. The summed E-state index contributed by atoms with van der Waals surface area (Å²) >= 11 is 1.61. The van der Waals surface area contributed by atoms with Crippen molar-refractivity contribution in [2.24, 2.45) is 5.10 Å². The lowest BCUT2D eigenvalue weighted by Crippen LogP contribution is -2.47. The van der Waals surface area contributed by atoms with Crippen molar-refractivity contribution in [3.8, 4) is 0 Å². The Bertz CT molecular complexity index is 962. The number of hydrogen-bond donors (Lipinski definition) is 1. The van der Waals surface area contributed by atoms with Crippen LogP contribution in [-0.4, -0.2) is 60.1 Å². The number of likely N-dealkylation sites (N-methyl/N-ethyl adjacent to an activating group) is 1. The molecule has 0 saturated carbocycles. The van der Waals surface area contributed by atoms with E-state index in [-0.39, 0.29) is 5.91 Å². The zero-order valence-corrected chi connectivity index (χ0v) is 15.9. The molecule has 0 radical (unpaired) electrons. The highest BCUT2D eigenvalue weighted by molar-refractivity contribution is 7.11. The smallest absolute Gasteiger partial charge is 0.254 e. The Morgan fingerprint density at radius 1 is 1.19 bits per heavy atom. The summed E-state index contributed by atoms with van der Waals surface area (Å²) in [6.07, 6.45) is 1.75. The number of rotatable bonds is 4. The molecule has 0 spiro atoms. The van der Waals surface area contributed by atoms with Gasteiger partial charge in [0.2, 0.25) is 0 Å². The number of benzene rings is 1. The number of fused-ring (bicyclic) bond motifs is 1. The third-order valence-electron chi connectivity index (χ3n) is 4.65. The van der Waals surface area contributed by atoms with Gasteiger partial charge in [0.15, 0.2) is 0 Å². The molecule has 1 amide bonds. The van der Waals surface area contributed by atoms with Gasteiger partial charge in [-0.2, -0.15) is 5.10 Å². The highest BCUT2D eigenvalue weighted by Crippen LogP contribution is 2.23. The fraction of sp³-hybridized carbons (Fsp3) is 0.250. The van der Waals surface area contributed by atoms with Gasteiger partial charge < -0.3 is 9.80 Å². The number of pyridine rings is 1. The van der Waals surface area contributed by atoms with Crippen molar-refractivity contribution in [1.29, 1.82) is 0 Å². The quantitative estimate of drug-likeness (QED) is 0.559. The van der Waals surface area contributed by atoms with Gasteiger partial charge in [-0.05, 0) is 30.6 Å². The Balaban J connectivity index is 1.63. The Hall–Kier alpha value is -2.77. The van der Waals surface area contributed by atoms with Crippen LogP contribution in [0.15, 0.2) is 52.9 Å². The molecule has 27 heavy (non-hydrogen) atoms. The number of aromatic nitrogens is 1. The lowest BCUT2D eigenvalue weighted by molar-refractivity contribution is 0.0666. The molecule has 0 unspecified atom stereocenters. The molecule has 1 N–H and O–H groups in total. The van der Waals surface area contributed by atoms with Crippen molar-refractivity contribution in [2.75, 3.05) is 38.7 Å². The molecule has 1 aromatic carbocycles. The van der Waals surface area contributed by atoms with Crippen LogP contribution >= 0.6 is 11.3 Å². The first-order valence-corrected chi connectivity index (χ1v) is 9.79. The molecule has 1 fully saturated rings. The van der Waals surface area contributed by atoms with E-state index in [0.717, 1.165) is 42.0 Å². The average molecular weight is 379 g/mol. The number of carbonyl (C=O) groups excluding carboxylic acids is 1. The van der Waals surface area contributed by atoms with Crippen LogP contribution in [0.3, 0.4) is 0 Å². The van der Waals surface area contributed by atoms with Gasteiger partial charge in [-0.1, -0.05) is 24.3 Å². The summed E-state index contributed by atoms with van der Waals surface area (Å²) in [4.78, 5) is 22.9. The normalized spacial score (nSPS) is 15.5. The summed E-state index contributed by atoms with van der Waals surface area (Å²) in [6.45, 7) is 3.27. The number of anilines is 1. The third kappa shape index (κ3) is 3.99. The zero-order chi connectivity index (χ0) is 18.6. The van der Waals surface area contributed by atoms with Crippen LogP contribution in [0.5, 0.6) is 0 Å². The Morgan fingerprint density at radius 2 is 2.00 bits per heavy atom. The molecule has 3 heterocycles. The molecule has 1 aliphatic heterocycles. The van der Waals surface area contributed by atoms with Gasteiger partial charge in [-0.3, -0.25) is 10.2 Å². The Morgan fingerprint density at radius 3 is 2.78 bits per heavy atom. The molecule has 0 bridgehead atoms. The summed E-state index contributed by atoms with van der Waals surface area (Å²) < 4.78 is 0. The molecule has 1 aliphatic rings. The summed E-state index contributed by atoms with van der Waals surface area (Å²) in [6, 6.07) is 13.5. The maximum absolute atomic E-state index is 13.1. The molecular formula is C20H21N5OS. The maximum Gasteiger partial charge on any atom is 0.254 e. The van der Waals surface area contributed by atoms with E-state index in [0.29, 0.717) is 11.4 Å². The second kappa shape index (κ2) is 7.85. The van der Waals surface area contributed by atoms with Gasteiger partial charge in [0, 0.05) is 36.4 Å². The van der Waals surface area contributed by atoms with Crippen LogP contribution < -0.4 is 5.43 Å². The minimum atomic E-state index is 0.0481. The molecule has 2 aromatic heterocycles. The lowest BCUT2D eigenvalue weighted by Gasteiger charge is -2.32. The number of nitrogens with zero attached hydrogens (tertiary/aromatic N) is 4. The van der Waals surface area contributed by atoms with Crippen molar-refractivity contribution >= 4 is 40.2 Å². The van der Waals surface area contributed by atoms with E-state index in [4.69, 9.17) is 0 Å². The molecule has 6 nitrogen and oxygen atoms in total. The minimum absolute atomic E-state index is 0.0481. The predicted molar refractivity (Wildman–Crippen MR) is 111 cm³/mol. The van der Waals surface area contributed by atoms with E-state index in [1.807, 2.05) is 46.7 Å². The number of amides is 1. The predicted octanol–water partition coefficient (Wildman–Crippen LogP) is 3.13. The number of hydrogen-bond acceptors (Lipinski definition) is 6. The molecule has 1 saturated heterocycles. The number of nitrogens with one attached hydrogen (secondary N) is 1. The zero-order valence-electron chi connectivity index (χ0n) is 15.1. The number of piperazine rings is 1. The largest absolute Gasteiger partial charge is 0.336 e. The van der Waals surface area contributed by atoms with Crippen LogP contribution in [0.1, 0.15) is 15.2 Å². The highest BCUT2D eigenvalue weighted by atomic mass is 32.1. The first kappa shape index (κ1) is 17.6. The molecule has 0 aliphatic carbocycles. The minimum Gasteiger partial charge on any atom is -0.336 e. The number of carbonyl (C=O) groups is 1. The van der Waals surface area contributed by atoms with Crippen molar-refractivity contribution in [3.63, 3.8) is 0 Å². The van der Waals surface area contributed by atoms with Crippen molar-refractivity contribution in [3.05, 3.63) is 58.3 Å². The van der Waals surface area contributed by atoms with Crippen LogP contribution in [0, 0.1) is 0 Å². The first-order chi connectivity index (χ1) is 13.2. The summed E-state index contributed by atoms with van der Waals surface area (Å²) in [5.41, 5.74) is 4.42. The third-order valence-corrected chi connectivity index (χ3v) is 5.46. The van der Waals surface area contributed by atoms with Crippen molar-refractivity contribution in [1.82, 2.24) is 14.8 Å². The van der Waals surface area contributed by atoms with E-state index in [1.54, 1.807) is 23.6 Å². The van der Waals surface area contributed by atoms with Gasteiger partial charge in [-0.25, -0.2) is 4.98 Å². The molecule has 0 atom stereocenters. The molecule has 4 rings (SSSR count). The number of thiophene rings is 1. The second-order valence-electron chi connectivity index (χ2n) is 6.55.